The van der Waals surface area contributed by atoms with Crippen molar-refractivity contribution in [3.05, 3.63) is 70.3 Å². The molecule has 2 N–H and O–H groups in total. The van der Waals surface area contributed by atoms with Gasteiger partial charge < -0.3 is 10.2 Å². The highest BCUT2D eigenvalue weighted by molar-refractivity contribution is 6.32. The van der Waals surface area contributed by atoms with Crippen LogP contribution in [0.5, 0.6) is 0 Å². The highest BCUT2D eigenvalue weighted by atomic mass is 35.5. The Bertz CT molecular complexity index is 1080. The summed E-state index contributed by atoms with van der Waals surface area (Å²) >= 11 is 6.34. The van der Waals surface area contributed by atoms with Gasteiger partial charge in [-0.15, -0.1) is 0 Å². The molecule has 7 heteroatoms. The average molecular weight is 405 g/mol. The summed E-state index contributed by atoms with van der Waals surface area (Å²) in [5.74, 6) is 2.13. The van der Waals surface area contributed by atoms with Gasteiger partial charge in [0.2, 0.25) is 0 Å². The number of halogens is 4. The van der Waals surface area contributed by atoms with Crippen LogP contribution in [0.4, 0.5) is 13.2 Å². The van der Waals surface area contributed by atoms with E-state index >= 15 is 0 Å². The summed E-state index contributed by atoms with van der Waals surface area (Å²) in [7, 11) is 0. The van der Waals surface area contributed by atoms with Gasteiger partial charge in [0.1, 0.15) is 0 Å². The third kappa shape index (κ3) is 2.55. The van der Waals surface area contributed by atoms with Crippen molar-refractivity contribution in [2.45, 2.75) is 17.7 Å². The van der Waals surface area contributed by atoms with Gasteiger partial charge in [0, 0.05) is 10.9 Å². The van der Waals surface area contributed by atoms with Crippen LogP contribution in [0.25, 0.3) is 11.1 Å². The fourth-order valence-corrected chi connectivity index (χ4v) is 4.20. The zero-order chi connectivity index (χ0) is 20.3. The molecule has 2 aromatic rings. The molecule has 0 amide bonds. The molecular formula is C21H12ClF3O3. The first-order valence-corrected chi connectivity index (χ1v) is 8.67. The minimum atomic E-state index is -4.93. The molecule has 0 bridgehead atoms. The summed E-state index contributed by atoms with van der Waals surface area (Å²) in [4.78, 5) is 11.0. The number of aliphatic hydroxyl groups is 1. The number of fused-ring (bicyclic) bond motifs is 3. The van der Waals surface area contributed by atoms with Gasteiger partial charge in [0.05, 0.1) is 11.5 Å². The molecule has 2 aromatic carbocycles. The molecule has 2 aliphatic carbocycles. The molecular weight excluding hydrogens is 393 g/mol. The van der Waals surface area contributed by atoms with Gasteiger partial charge in [0.15, 0.2) is 5.60 Å². The Morgan fingerprint density at radius 1 is 1.14 bits per heavy atom. The Labute approximate surface area is 163 Å². The van der Waals surface area contributed by atoms with Crippen LogP contribution >= 0.6 is 11.6 Å². The highest BCUT2D eigenvalue weighted by Gasteiger charge is 2.66. The van der Waals surface area contributed by atoms with Crippen LogP contribution in [0.3, 0.4) is 0 Å². The molecule has 3 nitrogen and oxygen atoms in total. The summed E-state index contributed by atoms with van der Waals surface area (Å²) in [6.07, 6.45) is -2.35. The summed E-state index contributed by atoms with van der Waals surface area (Å²) in [5, 5.41) is 19.9. The molecule has 142 valence electrons. The van der Waals surface area contributed by atoms with Crippen molar-refractivity contribution in [1.82, 2.24) is 0 Å². The lowest BCUT2D eigenvalue weighted by atomic mass is 9.81. The predicted molar refractivity (Wildman–Crippen MR) is 96.9 cm³/mol. The molecule has 0 heterocycles. The van der Waals surface area contributed by atoms with Crippen molar-refractivity contribution >= 4 is 17.6 Å². The maximum atomic E-state index is 14.0. The van der Waals surface area contributed by atoms with E-state index in [-0.39, 0.29) is 21.7 Å². The third-order valence-electron chi connectivity index (χ3n) is 5.22. The van der Waals surface area contributed by atoms with Gasteiger partial charge in [-0.25, -0.2) is 4.79 Å². The van der Waals surface area contributed by atoms with Gasteiger partial charge in [-0.3, -0.25) is 0 Å². The quantitative estimate of drug-likeness (QED) is 0.711. The Hall–Kier alpha value is -2.75. The van der Waals surface area contributed by atoms with E-state index in [9.17, 15) is 23.1 Å². The molecule has 3 unspecified atom stereocenters. The van der Waals surface area contributed by atoms with E-state index in [1.165, 1.54) is 48.6 Å². The Balaban J connectivity index is 1.92. The monoisotopic (exact) mass is 404 g/mol. The number of carboxylic acid groups (broad SMARTS) is 1. The fraction of sp³-hybridized carbons (Fsp3) is 0.190. The van der Waals surface area contributed by atoms with Crippen LogP contribution in [0, 0.1) is 17.8 Å². The van der Waals surface area contributed by atoms with Crippen LogP contribution < -0.4 is 0 Å². The molecule has 2 aliphatic rings. The third-order valence-corrected chi connectivity index (χ3v) is 5.53. The lowest BCUT2D eigenvalue weighted by Gasteiger charge is -2.33. The minimum absolute atomic E-state index is 0.0502. The second-order valence-corrected chi connectivity index (χ2v) is 7.12. The van der Waals surface area contributed by atoms with Crippen LogP contribution in [0.1, 0.15) is 27.4 Å². The number of carbonyl (C=O) groups is 1. The molecule has 0 saturated heterocycles. The van der Waals surface area contributed by atoms with Crippen molar-refractivity contribution < 1.29 is 28.2 Å². The van der Waals surface area contributed by atoms with Crippen molar-refractivity contribution in [2.24, 2.45) is 5.92 Å². The maximum Gasteiger partial charge on any atom is 0.422 e. The average Bonchev–Trinajstić information content (AvgIpc) is 2.92. The first-order chi connectivity index (χ1) is 13.1. The zero-order valence-corrected chi connectivity index (χ0v) is 14.8. The van der Waals surface area contributed by atoms with Crippen LogP contribution in [-0.2, 0) is 5.60 Å². The molecule has 0 fully saturated rings. The number of carboxylic acids is 1. The number of hydrogen-bond donors (Lipinski definition) is 2. The normalized spacial score (nSPS) is 24.9. The summed E-state index contributed by atoms with van der Waals surface area (Å²) in [6.45, 7) is 0. The van der Waals surface area contributed by atoms with Crippen molar-refractivity contribution in [3.63, 3.8) is 0 Å². The van der Waals surface area contributed by atoms with Gasteiger partial charge in [-0.2, -0.15) is 13.2 Å². The lowest BCUT2D eigenvalue weighted by Crippen LogP contribution is -2.46. The van der Waals surface area contributed by atoms with Crippen LogP contribution in [-0.4, -0.2) is 22.4 Å². The van der Waals surface area contributed by atoms with Gasteiger partial charge in [-0.1, -0.05) is 41.7 Å². The highest BCUT2D eigenvalue weighted by Crippen LogP contribution is 2.59. The standard InChI is InChI=1S/C21H12ClF3O3/c22-17-10-13(11-5-7-12(8-6-11)19(26)27)9-16-18(17)14-3-1-2-4-15(14)20(16,28)21(23,24)25/h2,4-10,14-15,28H,(H,26,27). The second kappa shape index (κ2) is 6.13. The van der Waals surface area contributed by atoms with Crippen LogP contribution in [0.15, 0.2) is 48.6 Å². The number of hydrogen-bond acceptors (Lipinski definition) is 2. The predicted octanol–water partition coefficient (Wildman–Crippen LogP) is 4.74. The van der Waals surface area contributed by atoms with E-state index in [1.807, 2.05) is 0 Å². The van der Waals surface area contributed by atoms with Crippen LogP contribution in [0.2, 0.25) is 5.02 Å². The number of aromatic carboxylic acids is 1. The lowest BCUT2D eigenvalue weighted by molar-refractivity contribution is -0.277. The molecule has 0 aliphatic heterocycles. The van der Waals surface area contributed by atoms with E-state index in [0.717, 1.165) is 0 Å². The van der Waals surface area contributed by atoms with E-state index in [4.69, 9.17) is 16.7 Å². The van der Waals surface area contributed by atoms with Crippen molar-refractivity contribution in [3.8, 4) is 23.0 Å². The smallest absolute Gasteiger partial charge is 0.422 e. The number of rotatable bonds is 2. The Morgan fingerprint density at radius 2 is 1.82 bits per heavy atom. The second-order valence-electron chi connectivity index (χ2n) is 6.72. The van der Waals surface area contributed by atoms with Crippen molar-refractivity contribution in [2.75, 3.05) is 0 Å². The molecule has 4 rings (SSSR count). The summed E-state index contributed by atoms with van der Waals surface area (Å²) < 4.78 is 41.9. The molecule has 0 radical (unpaired) electrons. The molecule has 0 aromatic heterocycles. The molecule has 0 spiro atoms. The van der Waals surface area contributed by atoms with E-state index in [1.54, 1.807) is 0 Å². The van der Waals surface area contributed by atoms with E-state index < -0.39 is 29.6 Å². The van der Waals surface area contributed by atoms with E-state index in [2.05, 4.69) is 11.8 Å². The molecule has 0 saturated carbocycles. The van der Waals surface area contributed by atoms with Gasteiger partial charge in [-0.05, 0) is 52.6 Å². The summed E-state index contributed by atoms with van der Waals surface area (Å²) in [6, 6.07) is 8.44. The number of alkyl halides is 3. The van der Waals surface area contributed by atoms with Crippen molar-refractivity contribution in [1.29, 1.82) is 0 Å². The fourth-order valence-electron chi connectivity index (χ4n) is 3.87. The minimum Gasteiger partial charge on any atom is -0.478 e. The maximum absolute atomic E-state index is 14.0. The summed E-state index contributed by atoms with van der Waals surface area (Å²) in [5.41, 5.74) is -2.38. The largest absolute Gasteiger partial charge is 0.478 e. The Kier molecular flexibility index (Phi) is 4.07. The topological polar surface area (TPSA) is 57.5 Å². The Morgan fingerprint density at radius 3 is 2.43 bits per heavy atom. The first kappa shape index (κ1) is 18.6. The van der Waals surface area contributed by atoms with Gasteiger partial charge in [0.25, 0.3) is 0 Å². The number of allylic oxidation sites excluding steroid dienone is 1. The molecule has 28 heavy (non-hydrogen) atoms. The van der Waals surface area contributed by atoms with E-state index in [0.29, 0.717) is 11.1 Å². The van der Waals surface area contributed by atoms with Gasteiger partial charge >= 0.3 is 12.1 Å². The molecule has 3 atom stereocenters. The number of benzene rings is 2. The zero-order valence-electron chi connectivity index (χ0n) is 14.1. The first-order valence-electron chi connectivity index (χ1n) is 8.29. The SMILES string of the molecule is O=C(O)c1ccc(-c2cc(Cl)c3c(c2)C(O)(C(F)(F)F)C2C=CC#CC32)cc1.